The van der Waals surface area contributed by atoms with Gasteiger partial charge in [-0.15, -0.1) is 0 Å². The number of aromatic amines is 1. The number of pyridine rings is 2. The lowest BCUT2D eigenvalue weighted by Crippen LogP contribution is -2.34. The first-order chi connectivity index (χ1) is 17.6. The number of hydrogen-bond donors (Lipinski definition) is 3. The number of nitrogens with one attached hydrogen (secondary N) is 3. The maximum Gasteiger partial charge on any atom is 0.407 e. The Morgan fingerprint density at radius 2 is 2.14 bits per heavy atom. The highest BCUT2D eigenvalue weighted by Crippen LogP contribution is 2.36. The molecule has 36 heavy (non-hydrogen) atoms. The van der Waals surface area contributed by atoms with E-state index < -0.39 is 0 Å². The number of H-pyrrole nitrogens is 1. The Labute approximate surface area is 210 Å². The topological polar surface area (TPSA) is 123 Å². The fourth-order valence-electron chi connectivity index (χ4n) is 4.74. The highest BCUT2D eigenvalue weighted by molar-refractivity contribution is 5.93. The van der Waals surface area contributed by atoms with Gasteiger partial charge in [-0.2, -0.15) is 5.10 Å². The van der Waals surface area contributed by atoms with Crippen molar-refractivity contribution >= 4 is 28.6 Å². The number of rotatable bonds is 9. The molecule has 2 fully saturated rings. The molecule has 4 unspecified atom stereocenters. The summed E-state index contributed by atoms with van der Waals surface area (Å²) in [5.41, 5.74) is 1.74. The summed E-state index contributed by atoms with van der Waals surface area (Å²) in [6.45, 7) is 6.18. The molecule has 1 aliphatic carbocycles. The van der Waals surface area contributed by atoms with E-state index in [-0.39, 0.29) is 24.2 Å². The molecule has 5 rings (SSSR count). The van der Waals surface area contributed by atoms with Crippen LogP contribution in [0.3, 0.4) is 0 Å². The number of alkyl carbamates (subject to hydrolysis) is 1. The molecule has 1 aliphatic heterocycles. The first-order valence-corrected chi connectivity index (χ1v) is 12.8. The molecule has 10 nitrogen and oxygen atoms in total. The number of carbonyl (C=O) groups excluding carboxylic acids is 1. The fourth-order valence-corrected chi connectivity index (χ4v) is 4.74. The number of nitrogens with zero attached hydrogens (tertiary/aromatic N) is 3. The van der Waals surface area contributed by atoms with Crippen LogP contribution in [0.5, 0.6) is 5.75 Å². The standard InChI is InChI=1S/C26H34N6O4/c1-3-16(2)29-26(33)36-19-5-4-18(12-19)21-13-23(32-31-21)30-25-24-20(6-9-28-25)22(7-10-27-24)35-15-17-8-11-34-14-17/h6-7,9-10,13,16-19H,3-5,8,11-12,14-15H2,1-2H3,(H,29,33)(H2,28,30,31,32). The monoisotopic (exact) mass is 494 g/mol. The third kappa shape index (κ3) is 5.70. The molecule has 192 valence electrons. The van der Waals surface area contributed by atoms with Crippen LogP contribution >= 0.6 is 0 Å². The summed E-state index contributed by atoms with van der Waals surface area (Å²) in [6, 6.07) is 5.90. The van der Waals surface area contributed by atoms with Crippen LogP contribution in [0.25, 0.3) is 10.9 Å². The van der Waals surface area contributed by atoms with Gasteiger partial charge in [0.2, 0.25) is 0 Å². The minimum absolute atomic E-state index is 0.0862. The summed E-state index contributed by atoms with van der Waals surface area (Å²) in [5.74, 6) is 2.75. The molecule has 2 aliphatic rings. The molecule has 3 N–H and O–H groups in total. The number of amides is 1. The Kier molecular flexibility index (Phi) is 7.50. The van der Waals surface area contributed by atoms with Crippen LogP contribution in [-0.4, -0.2) is 58.2 Å². The van der Waals surface area contributed by atoms with Gasteiger partial charge in [-0.1, -0.05) is 6.92 Å². The van der Waals surface area contributed by atoms with E-state index in [1.54, 1.807) is 12.4 Å². The van der Waals surface area contributed by atoms with Gasteiger partial charge in [-0.05, 0) is 51.2 Å². The summed E-state index contributed by atoms with van der Waals surface area (Å²) in [7, 11) is 0. The summed E-state index contributed by atoms with van der Waals surface area (Å²) in [6.07, 6.45) is 7.50. The predicted octanol–water partition coefficient (Wildman–Crippen LogP) is 4.67. The van der Waals surface area contributed by atoms with Crippen molar-refractivity contribution in [1.82, 2.24) is 25.5 Å². The van der Waals surface area contributed by atoms with Crippen LogP contribution in [0, 0.1) is 5.92 Å². The lowest BCUT2D eigenvalue weighted by atomic mass is 10.0. The second-order valence-electron chi connectivity index (χ2n) is 9.73. The summed E-state index contributed by atoms with van der Waals surface area (Å²) in [5, 5.41) is 14.6. The fraction of sp³-hybridized carbons (Fsp3) is 0.538. The van der Waals surface area contributed by atoms with E-state index in [2.05, 4.69) is 30.8 Å². The first-order valence-electron chi connectivity index (χ1n) is 12.8. The molecule has 0 aromatic carbocycles. The van der Waals surface area contributed by atoms with E-state index in [0.717, 1.165) is 67.7 Å². The zero-order chi connectivity index (χ0) is 24.9. The summed E-state index contributed by atoms with van der Waals surface area (Å²) in [4.78, 5) is 21.1. The van der Waals surface area contributed by atoms with Gasteiger partial charge in [0.15, 0.2) is 11.6 Å². The van der Waals surface area contributed by atoms with Crippen molar-refractivity contribution in [3.05, 3.63) is 36.3 Å². The van der Waals surface area contributed by atoms with Gasteiger partial charge in [0, 0.05) is 54.0 Å². The van der Waals surface area contributed by atoms with Crippen molar-refractivity contribution in [3.8, 4) is 5.75 Å². The molecule has 0 bridgehead atoms. The van der Waals surface area contributed by atoms with E-state index in [9.17, 15) is 4.79 Å². The smallest absolute Gasteiger partial charge is 0.407 e. The van der Waals surface area contributed by atoms with Gasteiger partial charge in [0.1, 0.15) is 17.4 Å². The molecule has 1 saturated heterocycles. The molecule has 4 heterocycles. The molecular formula is C26H34N6O4. The Balaban J connectivity index is 1.22. The van der Waals surface area contributed by atoms with Crippen LogP contribution in [0.15, 0.2) is 30.6 Å². The Hall–Kier alpha value is -3.40. The molecule has 0 radical (unpaired) electrons. The van der Waals surface area contributed by atoms with E-state index in [0.29, 0.717) is 24.2 Å². The van der Waals surface area contributed by atoms with Crippen LogP contribution in [0.4, 0.5) is 16.4 Å². The normalized spacial score (nSPS) is 22.4. The van der Waals surface area contributed by atoms with Gasteiger partial charge in [-0.25, -0.2) is 9.78 Å². The van der Waals surface area contributed by atoms with Crippen molar-refractivity contribution in [2.24, 2.45) is 5.92 Å². The van der Waals surface area contributed by atoms with Crippen LogP contribution < -0.4 is 15.4 Å². The zero-order valence-corrected chi connectivity index (χ0v) is 20.8. The molecular weight excluding hydrogens is 460 g/mol. The molecule has 3 aromatic heterocycles. The van der Waals surface area contributed by atoms with Gasteiger partial charge in [0.05, 0.1) is 13.2 Å². The van der Waals surface area contributed by atoms with E-state index in [4.69, 9.17) is 14.2 Å². The first kappa shape index (κ1) is 24.3. The second-order valence-corrected chi connectivity index (χ2v) is 9.73. The average Bonchev–Trinajstić information content (AvgIpc) is 3.65. The molecule has 1 amide bonds. The molecule has 10 heteroatoms. The lowest BCUT2D eigenvalue weighted by molar-refractivity contribution is 0.0974. The third-order valence-electron chi connectivity index (χ3n) is 7.04. The van der Waals surface area contributed by atoms with Crippen LogP contribution in [0.2, 0.25) is 0 Å². The Bertz CT molecular complexity index is 1180. The van der Waals surface area contributed by atoms with E-state index >= 15 is 0 Å². The van der Waals surface area contributed by atoms with Crippen molar-refractivity contribution < 1.29 is 19.0 Å². The lowest BCUT2D eigenvalue weighted by Gasteiger charge is -2.16. The third-order valence-corrected chi connectivity index (χ3v) is 7.04. The maximum atomic E-state index is 12.1. The quantitative estimate of drug-likeness (QED) is 0.392. The molecule has 1 saturated carbocycles. The minimum atomic E-state index is -0.337. The van der Waals surface area contributed by atoms with Gasteiger partial charge < -0.3 is 24.8 Å². The number of aromatic nitrogens is 4. The summed E-state index contributed by atoms with van der Waals surface area (Å²) < 4.78 is 17.2. The maximum absolute atomic E-state index is 12.1. The molecule has 4 atom stereocenters. The van der Waals surface area contributed by atoms with Crippen molar-refractivity contribution in [2.75, 3.05) is 25.1 Å². The van der Waals surface area contributed by atoms with E-state index in [1.165, 1.54) is 0 Å². The van der Waals surface area contributed by atoms with Gasteiger partial charge >= 0.3 is 6.09 Å². The summed E-state index contributed by atoms with van der Waals surface area (Å²) >= 11 is 0. The minimum Gasteiger partial charge on any atom is -0.492 e. The van der Waals surface area contributed by atoms with Crippen LogP contribution in [0.1, 0.15) is 57.6 Å². The Morgan fingerprint density at radius 3 is 2.97 bits per heavy atom. The largest absolute Gasteiger partial charge is 0.492 e. The number of fused-ring (bicyclic) bond motifs is 1. The second kappa shape index (κ2) is 11.1. The number of carbonyl (C=O) groups is 1. The SMILES string of the molecule is CCC(C)NC(=O)OC1CCC(c2cc(Nc3nccc4c(OCC5CCOC5)ccnc34)n[nH]2)C1. The highest BCUT2D eigenvalue weighted by atomic mass is 16.6. The Morgan fingerprint density at radius 1 is 1.25 bits per heavy atom. The van der Waals surface area contributed by atoms with Crippen molar-refractivity contribution in [2.45, 2.75) is 64.0 Å². The van der Waals surface area contributed by atoms with Gasteiger partial charge in [0.25, 0.3) is 0 Å². The number of hydrogen-bond acceptors (Lipinski definition) is 8. The zero-order valence-electron chi connectivity index (χ0n) is 20.8. The van der Waals surface area contributed by atoms with Crippen molar-refractivity contribution in [1.29, 1.82) is 0 Å². The predicted molar refractivity (Wildman–Crippen MR) is 136 cm³/mol. The van der Waals surface area contributed by atoms with E-state index in [1.807, 2.05) is 32.0 Å². The number of anilines is 2. The van der Waals surface area contributed by atoms with Gasteiger partial charge in [-0.3, -0.25) is 10.1 Å². The molecule has 3 aromatic rings. The number of ether oxygens (including phenoxy) is 3. The highest BCUT2D eigenvalue weighted by Gasteiger charge is 2.30. The van der Waals surface area contributed by atoms with Crippen LogP contribution in [-0.2, 0) is 9.47 Å². The average molecular weight is 495 g/mol. The van der Waals surface area contributed by atoms with Crippen molar-refractivity contribution in [3.63, 3.8) is 0 Å². The molecule has 0 spiro atoms.